The zero-order valence-electron chi connectivity index (χ0n) is 16.1. The molecule has 1 unspecified atom stereocenters. The Morgan fingerprint density at radius 1 is 1.35 bits per heavy atom. The Kier molecular flexibility index (Phi) is 4.96. The van der Waals surface area contributed by atoms with Gasteiger partial charge < -0.3 is 10.1 Å². The standard InChI is InChI=1S/C20H26N4O2/c1-6-8-18-20(5,21-9-7-2)11-15(19(25)26-18)16-10-17-14(4)22-13(3)12-24(17)23-16/h8,10-12,21H,6-7,9H2,1-5H3/b18-8+. The van der Waals surface area contributed by atoms with Crippen LogP contribution in [0.5, 0.6) is 0 Å². The van der Waals surface area contributed by atoms with Crippen LogP contribution in [0, 0.1) is 13.8 Å². The zero-order chi connectivity index (χ0) is 18.9. The molecule has 0 saturated heterocycles. The SMILES string of the molecule is CC/C=C1/OC(=O)C(c2cc3c(C)nc(C)cn3n2)=CC1(C)NCCC. The lowest BCUT2D eigenvalue weighted by Crippen LogP contribution is -2.46. The number of carbonyl (C=O) groups excluding carboxylic acids is 1. The van der Waals surface area contributed by atoms with Crippen LogP contribution in [-0.4, -0.2) is 32.7 Å². The maximum atomic E-state index is 12.6. The highest BCUT2D eigenvalue weighted by molar-refractivity contribution is 6.17. The van der Waals surface area contributed by atoms with Crippen LogP contribution in [0.3, 0.4) is 0 Å². The van der Waals surface area contributed by atoms with E-state index in [1.165, 1.54) is 0 Å². The Balaban J connectivity index is 2.10. The zero-order valence-corrected chi connectivity index (χ0v) is 16.1. The molecule has 138 valence electrons. The predicted octanol–water partition coefficient (Wildman–Crippen LogP) is 3.34. The molecule has 0 fully saturated rings. The van der Waals surface area contributed by atoms with Gasteiger partial charge in [-0.2, -0.15) is 5.10 Å². The second-order valence-corrected chi connectivity index (χ2v) is 6.88. The summed E-state index contributed by atoms with van der Waals surface area (Å²) in [6, 6.07) is 1.89. The van der Waals surface area contributed by atoms with E-state index in [4.69, 9.17) is 4.74 Å². The van der Waals surface area contributed by atoms with E-state index in [1.54, 1.807) is 4.52 Å². The van der Waals surface area contributed by atoms with Gasteiger partial charge in [-0.05, 0) is 58.4 Å². The van der Waals surface area contributed by atoms with Crippen LogP contribution in [0.2, 0.25) is 0 Å². The topological polar surface area (TPSA) is 68.5 Å². The summed E-state index contributed by atoms with van der Waals surface area (Å²) < 4.78 is 7.46. The van der Waals surface area contributed by atoms with E-state index in [9.17, 15) is 4.79 Å². The normalized spacial score (nSPS) is 22.0. The number of cyclic esters (lactones) is 1. The molecule has 6 heteroatoms. The molecule has 6 nitrogen and oxygen atoms in total. The van der Waals surface area contributed by atoms with Crippen LogP contribution < -0.4 is 5.32 Å². The van der Waals surface area contributed by atoms with Gasteiger partial charge in [0.2, 0.25) is 0 Å². The van der Waals surface area contributed by atoms with Gasteiger partial charge >= 0.3 is 5.97 Å². The van der Waals surface area contributed by atoms with E-state index in [2.05, 4.69) is 22.3 Å². The summed E-state index contributed by atoms with van der Waals surface area (Å²) in [6.07, 6.45) is 7.54. The molecule has 1 N–H and O–H groups in total. The van der Waals surface area contributed by atoms with Gasteiger partial charge in [0.1, 0.15) is 11.5 Å². The Labute approximate surface area is 154 Å². The van der Waals surface area contributed by atoms with Crippen molar-refractivity contribution in [1.29, 1.82) is 0 Å². The minimum Gasteiger partial charge on any atom is -0.425 e. The summed E-state index contributed by atoms with van der Waals surface area (Å²) in [5.74, 6) is 0.283. The van der Waals surface area contributed by atoms with E-state index in [1.807, 2.05) is 52.1 Å². The third-order valence-corrected chi connectivity index (χ3v) is 4.53. The van der Waals surface area contributed by atoms with Crippen molar-refractivity contribution in [2.24, 2.45) is 0 Å². The maximum absolute atomic E-state index is 12.6. The highest BCUT2D eigenvalue weighted by Crippen LogP contribution is 2.32. The Hall–Kier alpha value is -2.47. The van der Waals surface area contributed by atoms with Crippen molar-refractivity contribution < 1.29 is 9.53 Å². The van der Waals surface area contributed by atoms with Gasteiger partial charge in [0, 0.05) is 0 Å². The number of allylic oxidation sites excluding steroid dienone is 1. The molecule has 0 radical (unpaired) electrons. The lowest BCUT2D eigenvalue weighted by atomic mass is 9.91. The molecule has 3 heterocycles. The monoisotopic (exact) mass is 354 g/mol. The minimum atomic E-state index is -0.533. The summed E-state index contributed by atoms with van der Waals surface area (Å²) in [5, 5.41) is 8.07. The first kappa shape index (κ1) is 18.3. The molecule has 26 heavy (non-hydrogen) atoms. The Morgan fingerprint density at radius 2 is 2.12 bits per heavy atom. The first-order valence-corrected chi connectivity index (χ1v) is 9.12. The first-order chi connectivity index (χ1) is 12.4. The summed E-state index contributed by atoms with van der Waals surface area (Å²) in [7, 11) is 0. The van der Waals surface area contributed by atoms with E-state index in [0.717, 1.165) is 36.3 Å². The number of ether oxygens (including phenoxy) is 1. The van der Waals surface area contributed by atoms with Gasteiger partial charge in [-0.3, -0.25) is 4.98 Å². The number of aromatic nitrogens is 3. The molecule has 0 aromatic carbocycles. The molecule has 1 aliphatic rings. The van der Waals surface area contributed by atoms with Gasteiger partial charge in [0.15, 0.2) is 0 Å². The molecule has 2 aromatic heterocycles. The van der Waals surface area contributed by atoms with E-state index in [-0.39, 0.29) is 5.97 Å². The largest absolute Gasteiger partial charge is 0.425 e. The van der Waals surface area contributed by atoms with Crippen LogP contribution in [-0.2, 0) is 9.53 Å². The molecule has 0 saturated carbocycles. The number of nitrogens with one attached hydrogen (secondary N) is 1. The van der Waals surface area contributed by atoms with Crippen molar-refractivity contribution in [3.63, 3.8) is 0 Å². The fourth-order valence-electron chi connectivity index (χ4n) is 3.24. The first-order valence-electron chi connectivity index (χ1n) is 9.12. The number of rotatable bonds is 5. The molecule has 1 aliphatic heterocycles. The maximum Gasteiger partial charge on any atom is 0.345 e. The lowest BCUT2D eigenvalue weighted by Gasteiger charge is -2.34. The molecular weight excluding hydrogens is 328 g/mol. The number of esters is 1. The van der Waals surface area contributed by atoms with Crippen molar-refractivity contribution in [3.8, 4) is 0 Å². The van der Waals surface area contributed by atoms with E-state index in [0.29, 0.717) is 17.0 Å². The summed E-state index contributed by atoms with van der Waals surface area (Å²) in [6.45, 7) is 10.9. The van der Waals surface area contributed by atoms with Crippen molar-refractivity contribution in [3.05, 3.63) is 47.3 Å². The highest BCUT2D eigenvalue weighted by Gasteiger charge is 2.37. The number of nitrogens with zero attached hydrogens (tertiary/aromatic N) is 3. The molecule has 0 aliphatic carbocycles. The number of aryl methyl sites for hydroxylation is 2. The minimum absolute atomic E-state index is 0.369. The second kappa shape index (κ2) is 7.03. The average molecular weight is 354 g/mol. The molecular formula is C20H26N4O2. The molecule has 0 spiro atoms. The van der Waals surface area contributed by atoms with Crippen molar-refractivity contribution in [1.82, 2.24) is 19.9 Å². The van der Waals surface area contributed by atoms with Crippen LogP contribution >= 0.6 is 0 Å². The average Bonchev–Trinajstić information content (AvgIpc) is 3.00. The number of carbonyl (C=O) groups is 1. The van der Waals surface area contributed by atoms with Crippen molar-refractivity contribution in [2.45, 2.75) is 53.0 Å². The molecule has 2 aromatic rings. The van der Waals surface area contributed by atoms with Crippen molar-refractivity contribution in [2.75, 3.05) is 6.54 Å². The van der Waals surface area contributed by atoms with E-state index >= 15 is 0 Å². The molecule has 0 amide bonds. The molecule has 0 bridgehead atoms. The fourth-order valence-corrected chi connectivity index (χ4v) is 3.24. The highest BCUT2D eigenvalue weighted by atomic mass is 16.5. The third-order valence-electron chi connectivity index (χ3n) is 4.53. The quantitative estimate of drug-likeness (QED) is 0.834. The summed E-state index contributed by atoms with van der Waals surface area (Å²) >= 11 is 0. The van der Waals surface area contributed by atoms with Gasteiger partial charge in [-0.1, -0.05) is 13.8 Å². The lowest BCUT2D eigenvalue weighted by molar-refractivity contribution is -0.134. The second-order valence-electron chi connectivity index (χ2n) is 6.88. The van der Waals surface area contributed by atoms with Crippen LogP contribution in [0.25, 0.3) is 11.1 Å². The van der Waals surface area contributed by atoms with Gasteiger partial charge in [0.25, 0.3) is 0 Å². The van der Waals surface area contributed by atoms with Crippen LogP contribution in [0.4, 0.5) is 0 Å². The van der Waals surface area contributed by atoms with Crippen LogP contribution in [0.1, 0.15) is 50.7 Å². The third kappa shape index (κ3) is 3.29. The van der Waals surface area contributed by atoms with E-state index < -0.39 is 5.54 Å². The Morgan fingerprint density at radius 3 is 2.81 bits per heavy atom. The molecule has 1 atom stereocenters. The summed E-state index contributed by atoms with van der Waals surface area (Å²) in [4.78, 5) is 17.1. The Bertz CT molecular complexity index is 910. The smallest absolute Gasteiger partial charge is 0.345 e. The molecule has 3 rings (SSSR count). The number of hydrogen-bond donors (Lipinski definition) is 1. The van der Waals surface area contributed by atoms with Gasteiger partial charge in [-0.25, -0.2) is 9.31 Å². The number of hydrogen-bond acceptors (Lipinski definition) is 5. The van der Waals surface area contributed by atoms with Gasteiger partial charge in [0.05, 0.1) is 34.2 Å². The predicted molar refractivity (Wildman–Crippen MR) is 102 cm³/mol. The number of fused-ring (bicyclic) bond motifs is 1. The van der Waals surface area contributed by atoms with Crippen LogP contribution in [0.15, 0.2) is 30.2 Å². The fraction of sp³-hybridized carbons (Fsp3) is 0.450. The van der Waals surface area contributed by atoms with Gasteiger partial charge in [-0.15, -0.1) is 0 Å². The summed E-state index contributed by atoms with van der Waals surface area (Å²) in [5.41, 5.74) is 3.20. The van der Waals surface area contributed by atoms with Crippen molar-refractivity contribution >= 4 is 17.1 Å².